The lowest BCUT2D eigenvalue weighted by molar-refractivity contribution is -0.187. The van der Waals surface area contributed by atoms with Crippen molar-refractivity contribution in [3.05, 3.63) is 30.1 Å². The Labute approximate surface area is 136 Å². The number of hydrogen-bond donors (Lipinski definition) is 1. The quantitative estimate of drug-likeness (QED) is 0.671. The van der Waals surface area contributed by atoms with Crippen molar-refractivity contribution in [1.82, 2.24) is 15.3 Å². The lowest BCUT2D eigenvalue weighted by Crippen LogP contribution is -2.49. The van der Waals surface area contributed by atoms with Gasteiger partial charge in [-0.3, -0.25) is 14.6 Å². The number of piperidine rings is 1. The van der Waals surface area contributed by atoms with Crippen molar-refractivity contribution in [2.24, 2.45) is 11.0 Å². The normalized spacial score (nSPS) is 19.1. The van der Waals surface area contributed by atoms with Gasteiger partial charge in [-0.15, -0.1) is 0 Å². The molecule has 0 spiro atoms. The molecule has 1 fully saturated rings. The van der Waals surface area contributed by atoms with Crippen molar-refractivity contribution in [1.29, 1.82) is 0 Å². The molecule has 0 bridgehead atoms. The van der Waals surface area contributed by atoms with E-state index in [1.807, 2.05) is 0 Å². The second kappa shape index (κ2) is 7.41. The van der Waals surface area contributed by atoms with Gasteiger partial charge < -0.3 is 4.90 Å². The minimum Gasteiger partial charge on any atom is -0.334 e. The molecule has 1 aromatic heterocycles. The minimum atomic E-state index is -4.92. The number of likely N-dealkylation sites (tertiary alicyclic amines) is 1. The maximum absolute atomic E-state index is 12.5. The maximum Gasteiger partial charge on any atom is 0.471 e. The van der Waals surface area contributed by atoms with Gasteiger partial charge in [0.25, 0.3) is 0 Å². The molecule has 0 aromatic carbocycles. The fourth-order valence-electron chi connectivity index (χ4n) is 2.43. The van der Waals surface area contributed by atoms with Crippen LogP contribution in [0.15, 0.2) is 29.6 Å². The van der Waals surface area contributed by atoms with E-state index in [4.69, 9.17) is 0 Å². The minimum absolute atomic E-state index is 0.000103. The van der Waals surface area contributed by atoms with E-state index in [1.165, 1.54) is 0 Å². The van der Waals surface area contributed by atoms with Crippen molar-refractivity contribution in [2.45, 2.75) is 25.9 Å². The van der Waals surface area contributed by atoms with Crippen LogP contribution >= 0.6 is 0 Å². The number of hydrogen-bond acceptors (Lipinski definition) is 4. The maximum atomic E-state index is 12.5. The number of rotatable bonds is 3. The number of pyridine rings is 1. The number of nitrogens with one attached hydrogen (secondary N) is 1. The monoisotopic (exact) mass is 342 g/mol. The molecule has 1 atom stereocenters. The van der Waals surface area contributed by atoms with E-state index in [0.717, 1.165) is 5.56 Å². The predicted molar refractivity (Wildman–Crippen MR) is 79.9 cm³/mol. The first-order valence-corrected chi connectivity index (χ1v) is 7.39. The molecular formula is C15H17F3N4O2. The molecule has 9 heteroatoms. The van der Waals surface area contributed by atoms with E-state index in [9.17, 15) is 22.8 Å². The van der Waals surface area contributed by atoms with Gasteiger partial charge in [0.2, 0.25) is 5.91 Å². The van der Waals surface area contributed by atoms with Crippen LogP contribution in [0.2, 0.25) is 0 Å². The van der Waals surface area contributed by atoms with Gasteiger partial charge in [-0.1, -0.05) is 6.07 Å². The zero-order valence-electron chi connectivity index (χ0n) is 13.0. The van der Waals surface area contributed by atoms with Gasteiger partial charge in [0.05, 0.1) is 11.6 Å². The van der Waals surface area contributed by atoms with Crippen LogP contribution in [0.1, 0.15) is 25.3 Å². The summed E-state index contributed by atoms with van der Waals surface area (Å²) < 4.78 is 37.5. The average Bonchev–Trinajstić information content (AvgIpc) is 2.58. The van der Waals surface area contributed by atoms with Crippen molar-refractivity contribution in [3.63, 3.8) is 0 Å². The average molecular weight is 342 g/mol. The van der Waals surface area contributed by atoms with Crippen LogP contribution in [0.25, 0.3) is 0 Å². The molecule has 1 aromatic rings. The Kier molecular flexibility index (Phi) is 5.53. The Balaban J connectivity index is 1.96. The summed E-state index contributed by atoms with van der Waals surface area (Å²) in [5.74, 6) is -3.12. The SMILES string of the molecule is CC(=NNC(=O)C1CCCN(C(=O)C(F)(F)F)C1)c1cccnc1. The summed E-state index contributed by atoms with van der Waals surface area (Å²) in [5.41, 5.74) is 3.59. The van der Waals surface area contributed by atoms with Gasteiger partial charge in [-0.05, 0) is 25.8 Å². The summed E-state index contributed by atoms with van der Waals surface area (Å²) in [4.78, 5) is 28.0. The molecule has 24 heavy (non-hydrogen) atoms. The fraction of sp³-hybridized carbons (Fsp3) is 0.467. The Morgan fingerprint density at radius 3 is 2.79 bits per heavy atom. The molecule has 2 rings (SSSR count). The Morgan fingerprint density at radius 2 is 2.17 bits per heavy atom. The van der Waals surface area contributed by atoms with Gasteiger partial charge >= 0.3 is 12.1 Å². The summed E-state index contributed by atoms with van der Waals surface area (Å²) in [5, 5.41) is 3.94. The molecule has 1 saturated heterocycles. The highest BCUT2D eigenvalue weighted by Crippen LogP contribution is 2.23. The van der Waals surface area contributed by atoms with E-state index in [-0.39, 0.29) is 13.1 Å². The van der Waals surface area contributed by atoms with Gasteiger partial charge in [0.1, 0.15) is 0 Å². The molecule has 6 nitrogen and oxygen atoms in total. The zero-order valence-corrected chi connectivity index (χ0v) is 13.0. The zero-order chi connectivity index (χ0) is 17.7. The molecule has 0 aliphatic carbocycles. The highest BCUT2D eigenvalue weighted by atomic mass is 19.4. The first kappa shape index (κ1) is 17.9. The van der Waals surface area contributed by atoms with Crippen molar-refractivity contribution >= 4 is 17.5 Å². The Hall–Kier alpha value is -2.45. The first-order valence-electron chi connectivity index (χ1n) is 7.39. The van der Waals surface area contributed by atoms with E-state index in [1.54, 1.807) is 31.5 Å². The summed E-state index contributed by atoms with van der Waals surface area (Å²) >= 11 is 0. The molecule has 0 saturated carbocycles. The smallest absolute Gasteiger partial charge is 0.334 e. The van der Waals surface area contributed by atoms with Gasteiger partial charge in [-0.2, -0.15) is 18.3 Å². The van der Waals surface area contributed by atoms with E-state index in [0.29, 0.717) is 23.5 Å². The Morgan fingerprint density at radius 1 is 1.42 bits per heavy atom. The second-order valence-electron chi connectivity index (χ2n) is 5.50. The van der Waals surface area contributed by atoms with Crippen LogP contribution in [-0.4, -0.2) is 46.7 Å². The van der Waals surface area contributed by atoms with Crippen molar-refractivity contribution in [2.75, 3.05) is 13.1 Å². The van der Waals surface area contributed by atoms with Crippen LogP contribution in [0, 0.1) is 5.92 Å². The van der Waals surface area contributed by atoms with E-state index >= 15 is 0 Å². The van der Waals surface area contributed by atoms with Crippen LogP contribution in [0.4, 0.5) is 13.2 Å². The number of nitrogens with zero attached hydrogens (tertiary/aromatic N) is 3. The number of carbonyl (C=O) groups is 2. The highest BCUT2D eigenvalue weighted by Gasteiger charge is 2.44. The van der Waals surface area contributed by atoms with Crippen LogP contribution in [-0.2, 0) is 9.59 Å². The van der Waals surface area contributed by atoms with Crippen molar-refractivity contribution < 1.29 is 22.8 Å². The van der Waals surface area contributed by atoms with Gasteiger partial charge in [0.15, 0.2) is 0 Å². The molecular weight excluding hydrogens is 325 g/mol. The van der Waals surface area contributed by atoms with Crippen molar-refractivity contribution in [3.8, 4) is 0 Å². The third-order valence-electron chi connectivity index (χ3n) is 3.74. The van der Waals surface area contributed by atoms with Crippen LogP contribution < -0.4 is 5.43 Å². The third-order valence-corrected chi connectivity index (χ3v) is 3.74. The highest BCUT2D eigenvalue weighted by molar-refractivity contribution is 5.99. The predicted octanol–water partition coefficient (Wildman–Crippen LogP) is 1.72. The number of carbonyl (C=O) groups excluding carboxylic acids is 2. The van der Waals surface area contributed by atoms with Crippen LogP contribution in [0.3, 0.4) is 0 Å². The number of alkyl halides is 3. The lowest BCUT2D eigenvalue weighted by Gasteiger charge is -2.32. The number of amides is 2. The molecule has 1 unspecified atom stereocenters. The third kappa shape index (κ3) is 4.53. The summed E-state index contributed by atoms with van der Waals surface area (Å²) in [6, 6.07) is 3.49. The molecule has 0 radical (unpaired) electrons. The molecule has 1 N–H and O–H groups in total. The number of hydrazone groups is 1. The molecule has 2 amide bonds. The molecule has 2 heterocycles. The number of halogens is 3. The summed E-state index contributed by atoms with van der Waals surface area (Å²) in [6.07, 6.45) is -0.994. The molecule has 130 valence electrons. The largest absolute Gasteiger partial charge is 0.471 e. The van der Waals surface area contributed by atoms with E-state index < -0.39 is 23.9 Å². The van der Waals surface area contributed by atoms with E-state index in [2.05, 4.69) is 15.5 Å². The fourth-order valence-corrected chi connectivity index (χ4v) is 2.43. The summed E-state index contributed by atoms with van der Waals surface area (Å²) in [6.45, 7) is 1.42. The lowest BCUT2D eigenvalue weighted by atomic mass is 9.97. The first-order chi connectivity index (χ1) is 11.3. The van der Waals surface area contributed by atoms with Gasteiger partial charge in [0, 0.05) is 31.0 Å². The standard InChI is InChI=1S/C15H17F3N4O2/c1-10(11-4-2-6-19-8-11)20-21-13(23)12-5-3-7-22(9-12)14(24)15(16,17)18/h2,4,6,8,12H,3,5,7,9H2,1H3,(H,21,23). The number of aromatic nitrogens is 1. The van der Waals surface area contributed by atoms with Gasteiger partial charge in [-0.25, -0.2) is 5.43 Å². The van der Waals surface area contributed by atoms with Crippen LogP contribution in [0.5, 0.6) is 0 Å². The topological polar surface area (TPSA) is 74.7 Å². The second-order valence-corrected chi connectivity index (χ2v) is 5.50. The summed E-state index contributed by atoms with van der Waals surface area (Å²) in [7, 11) is 0. The molecule has 1 aliphatic rings. The molecule has 1 aliphatic heterocycles. The Bertz CT molecular complexity index is 631.